The lowest BCUT2D eigenvalue weighted by Gasteiger charge is -2.18. The van der Waals surface area contributed by atoms with Crippen LogP contribution >= 0.6 is 0 Å². The summed E-state index contributed by atoms with van der Waals surface area (Å²) in [7, 11) is 3.29. The zero-order chi connectivity index (χ0) is 19.9. The summed E-state index contributed by atoms with van der Waals surface area (Å²) < 4.78 is 43.2. The summed E-state index contributed by atoms with van der Waals surface area (Å²) in [6, 6.07) is 12.9. The molecule has 2 N–H and O–H groups in total. The van der Waals surface area contributed by atoms with Crippen molar-refractivity contribution in [3.63, 3.8) is 0 Å². The van der Waals surface area contributed by atoms with Crippen LogP contribution in [0.25, 0.3) is 0 Å². The molecular weight excluding hydrogens is 355 g/mol. The molecule has 0 aromatic heterocycles. The first kappa shape index (κ1) is 20.6. The molecule has 0 radical (unpaired) electrons. The number of alkyl halides is 3. The molecular formula is C20H24F3N3O. The zero-order valence-electron chi connectivity index (χ0n) is 15.6. The van der Waals surface area contributed by atoms with E-state index in [4.69, 9.17) is 4.74 Å². The van der Waals surface area contributed by atoms with Crippen molar-refractivity contribution in [3.8, 4) is 5.75 Å². The van der Waals surface area contributed by atoms with Crippen LogP contribution in [0.1, 0.15) is 29.5 Å². The minimum absolute atomic E-state index is 0.186. The maximum absolute atomic E-state index is 12.6. The first-order valence-electron chi connectivity index (χ1n) is 8.58. The molecule has 7 heteroatoms. The SMILES string of the molecule is CN=C(NCc1ccc(C(F)(F)F)cc1)NCC(C)c1ccccc1OC. The number of hydrogen-bond acceptors (Lipinski definition) is 2. The molecule has 2 rings (SSSR count). The van der Waals surface area contributed by atoms with Crippen LogP contribution in [0.3, 0.4) is 0 Å². The highest BCUT2D eigenvalue weighted by Gasteiger charge is 2.29. The van der Waals surface area contributed by atoms with E-state index in [1.165, 1.54) is 12.1 Å². The number of para-hydroxylation sites is 1. The summed E-state index contributed by atoms with van der Waals surface area (Å²) in [4.78, 5) is 4.15. The molecule has 0 aliphatic carbocycles. The molecule has 0 aliphatic heterocycles. The van der Waals surface area contributed by atoms with Crippen molar-refractivity contribution in [2.75, 3.05) is 20.7 Å². The van der Waals surface area contributed by atoms with Gasteiger partial charge >= 0.3 is 6.18 Å². The lowest BCUT2D eigenvalue weighted by Crippen LogP contribution is -2.38. The van der Waals surface area contributed by atoms with E-state index in [0.717, 1.165) is 29.0 Å². The van der Waals surface area contributed by atoms with Crippen molar-refractivity contribution in [2.24, 2.45) is 4.99 Å². The first-order valence-corrected chi connectivity index (χ1v) is 8.58. The molecule has 146 valence electrons. The summed E-state index contributed by atoms with van der Waals surface area (Å²) in [6.07, 6.45) is -4.32. The average Bonchev–Trinajstić information content (AvgIpc) is 2.67. The molecule has 1 atom stereocenters. The average molecular weight is 379 g/mol. The van der Waals surface area contributed by atoms with Crippen LogP contribution in [0, 0.1) is 0 Å². The van der Waals surface area contributed by atoms with E-state index >= 15 is 0 Å². The molecule has 0 bridgehead atoms. The Morgan fingerprint density at radius 3 is 2.33 bits per heavy atom. The number of aliphatic imine (C=N–C) groups is 1. The van der Waals surface area contributed by atoms with E-state index in [9.17, 15) is 13.2 Å². The van der Waals surface area contributed by atoms with Gasteiger partial charge in [0.15, 0.2) is 5.96 Å². The Morgan fingerprint density at radius 1 is 1.07 bits per heavy atom. The highest BCUT2D eigenvalue weighted by Crippen LogP contribution is 2.29. The Morgan fingerprint density at radius 2 is 1.74 bits per heavy atom. The highest BCUT2D eigenvalue weighted by molar-refractivity contribution is 5.79. The van der Waals surface area contributed by atoms with Gasteiger partial charge in [-0.15, -0.1) is 0 Å². The van der Waals surface area contributed by atoms with Crippen molar-refractivity contribution in [1.29, 1.82) is 0 Å². The van der Waals surface area contributed by atoms with Crippen LogP contribution in [-0.2, 0) is 12.7 Å². The summed E-state index contributed by atoms with van der Waals surface area (Å²) in [6.45, 7) is 3.09. The second kappa shape index (κ2) is 9.30. The fraction of sp³-hybridized carbons (Fsp3) is 0.350. The van der Waals surface area contributed by atoms with Gasteiger partial charge < -0.3 is 15.4 Å². The molecule has 1 unspecified atom stereocenters. The van der Waals surface area contributed by atoms with E-state index in [-0.39, 0.29) is 5.92 Å². The van der Waals surface area contributed by atoms with Gasteiger partial charge in [-0.3, -0.25) is 4.99 Å². The van der Waals surface area contributed by atoms with E-state index < -0.39 is 11.7 Å². The first-order chi connectivity index (χ1) is 12.8. The smallest absolute Gasteiger partial charge is 0.416 e. The Kier molecular flexibility index (Phi) is 7.10. The largest absolute Gasteiger partial charge is 0.496 e. The number of methoxy groups -OCH3 is 1. The van der Waals surface area contributed by atoms with Gasteiger partial charge in [-0.1, -0.05) is 37.3 Å². The van der Waals surface area contributed by atoms with Crippen molar-refractivity contribution >= 4 is 5.96 Å². The quantitative estimate of drug-likeness (QED) is 0.585. The third-order valence-electron chi connectivity index (χ3n) is 4.21. The van der Waals surface area contributed by atoms with Crippen LogP contribution in [0.15, 0.2) is 53.5 Å². The van der Waals surface area contributed by atoms with Crippen molar-refractivity contribution in [1.82, 2.24) is 10.6 Å². The summed E-state index contributed by atoms with van der Waals surface area (Å²) in [5.41, 5.74) is 1.17. The molecule has 2 aromatic rings. The lowest BCUT2D eigenvalue weighted by atomic mass is 10.0. The van der Waals surface area contributed by atoms with Crippen LogP contribution < -0.4 is 15.4 Å². The van der Waals surface area contributed by atoms with Gasteiger partial charge in [0, 0.05) is 26.1 Å². The lowest BCUT2D eigenvalue weighted by molar-refractivity contribution is -0.137. The Balaban J connectivity index is 1.89. The molecule has 4 nitrogen and oxygen atoms in total. The summed E-state index contributed by atoms with van der Waals surface area (Å²) in [5, 5.41) is 6.33. The number of nitrogens with one attached hydrogen (secondary N) is 2. The fourth-order valence-corrected chi connectivity index (χ4v) is 2.65. The van der Waals surface area contributed by atoms with Gasteiger partial charge in [-0.25, -0.2) is 0 Å². The minimum atomic E-state index is -4.32. The van der Waals surface area contributed by atoms with Crippen LogP contribution in [0.4, 0.5) is 13.2 Å². The molecule has 0 saturated heterocycles. The maximum Gasteiger partial charge on any atom is 0.416 e. The third-order valence-corrected chi connectivity index (χ3v) is 4.21. The molecule has 0 amide bonds. The van der Waals surface area contributed by atoms with Crippen LogP contribution in [0.5, 0.6) is 5.75 Å². The van der Waals surface area contributed by atoms with Crippen molar-refractivity contribution in [2.45, 2.75) is 25.6 Å². The molecule has 0 fully saturated rings. The molecule has 0 heterocycles. The summed E-state index contributed by atoms with van der Waals surface area (Å²) >= 11 is 0. The van der Waals surface area contributed by atoms with E-state index in [1.807, 2.05) is 24.3 Å². The monoisotopic (exact) mass is 379 g/mol. The number of rotatable bonds is 6. The van der Waals surface area contributed by atoms with E-state index in [1.54, 1.807) is 14.2 Å². The Hall–Kier alpha value is -2.70. The number of ether oxygens (including phenoxy) is 1. The van der Waals surface area contributed by atoms with Gasteiger partial charge in [0.05, 0.1) is 12.7 Å². The van der Waals surface area contributed by atoms with E-state index in [2.05, 4.69) is 22.5 Å². The van der Waals surface area contributed by atoms with Crippen molar-refractivity contribution in [3.05, 3.63) is 65.2 Å². The van der Waals surface area contributed by atoms with Crippen LogP contribution in [0.2, 0.25) is 0 Å². The molecule has 0 spiro atoms. The van der Waals surface area contributed by atoms with Gasteiger partial charge in [0.25, 0.3) is 0 Å². The van der Waals surface area contributed by atoms with Gasteiger partial charge in [0.1, 0.15) is 5.75 Å². The highest BCUT2D eigenvalue weighted by atomic mass is 19.4. The molecule has 0 saturated carbocycles. The normalized spacial score (nSPS) is 13.2. The predicted molar refractivity (Wildman–Crippen MR) is 101 cm³/mol. The Bertz CT molecular complexity index is 758. The second-order valence-corrected chi connectivity index (χ2v) is 6.14. The summed E-state index contributed by atoms with van der Waals surface area (Å²) in [5.74, 6) is 1.60. The van der Waals surface area contributed by atoms with Crippen molar-refractivity contribution < 1.29 is 17.9 Å². The fourth-order valence-electron chi connectivity index (χ4n) is 2.65. The Labute approximate surface area is 157 Å². The number of guanidine groups is 1. The number of nitrogens with zero attached hydrogens (tertiary/aromatic N) is 1. The van der Waals surface area contributed by atoms with Gasteiger partial charge in [0.2, 0.25) is 0 Å². The molecule has 2 aromatic carbocycles. The molecule has 0 aliphatic rings. The number of halogens is 3. The standard InChI is InChI=1S/C20H24F3N3O/c1-14(17-6-4-5-7-18(17)27-3)12-25-19(24-2)26-13-15-8-10-16(11-9-15)20(21,22)23/h4-11,14H,12-13H2,1-3H3,(H2,24,25,26). The van der Waals surface area contributed by atoms with Crippen LogP contribution in [-0.4, -0.2) is 26.7 Å². The van der Waals surface area contributed by atoms with Gasteiger partial charge in [-0.2, -0.15) is 13.2 Å². The third kappa shape index (κ3) is 5.91. The van der Waals surface area contributed by atoms with Gasteiger partial charge in [-0.05, 0) is 29.3 Å². The molecule has 27 heavy (non-hydrogen) atoms. The second-order valence-electron chi connectivity index (χ2n) is 6.14. The topological polar surface area (TPSA) is 45.7 Å². The maximum atomic E-state index is 12.6. The number of hydrogen-bond donors (Lipinski definition) is 2. The number of benzene rings is 2. The zero-order valence-corrected chi connectivity index (χ0v) is 15.6. The van der Waals surface area contributed by atoms with E-state index in [0.29, 0.717) is 19.0 Å². The minimum Gasteiger partial charge on any atom is -0.496 e. The predicted octanol–water partition coefficient (Wildman–Crippen LogP) is 4.18.